The molecule has 1 atom stereocenters. The second-order valence-corrected chi connectivity index (χ2v) is 6.69. The van der Waals surface area contributed by atoms with Crippen molar-refractivity contribution in [1.82, 2.24) is 10.1 Å². The average Bonchev–Trinajstić information content (AvgIpc) is 3.30. The summed E-state index contributed by atoms with van der Waals surface area (Å²) in [5.74, 6) is 1.83. The van der Waals surface area contributed by atoms with E-state index in [2.05, 4.69) is 23.1 Å². The molecular formula is C21H21N3O3. The van der Waals surface area contributed by atoms with Gasteiger partial charge in [0.2, 0.25) is 17.6 Å². The van der Waals surface area contributed by atoms with E-state index < -0.39 is 0 Å². The van der Waals surface area contributed by atoms with Crippen molar-refractivity contribution >= 4 is 11.6 Å². The number of amides is 1. The summed E-state index contributed by atoms with van der Waals surface area (Å²) in [7, 11) is 1.62. The van der Waals surface area contributed by atoms with Crippen molar-refractivity contribution in [2.75, 3.05) is 12.0 Å². The Bertz CT molecular complexity index is 949. The maximum atomic E-state index is 12.8. The monoisotopic (exact) mass is 363 g/mol. The molecule has 6 nitrogen and oxygen atoms in total. The van der Waals surface area contributed by atoms with Crippen LogP contribution >= 0.6 is 0 Å². The average molecular weight is 363 g/mol. The number of aromatic nitrogens is 2. The minimum atomic E-state index is 0.0802. The Morgan fingerprint density at radius 3 is 2.78 bits per heavy atom. The first-order valence-electron chi connectivity index (χ1n) is 9.02. The van der Waals surface area contributed by atoms with Gasteiger partial charge in [0, 0.05) is 30.1 Å². The minimum Gasteiger partial charge on any atom is -0.497 e. The van der Waals surface area contributed by atoms with Crippen LogP contribution in [0.25, 0.3) is 11.4 Å². The third kappa shape index (κ3) is 3.43. The molecule has 6 heteroatoms. The molecule has 138 valence electrons. The standard InChI is InChI=1S/C21H21N3O3/c1-14-13-16-5-3-4-6-18(16)24(14)20(25)12-11-19-22-21(23-27-19)15-7-9-17(26-2)10-8-15/h3-10,14H,11-13H2,1-2H3. The molecule has 3 aromatic rings. The molecule has 0 spiro atoms. The van der Waals surface area contributed by atoms with Crippen molar-refractivity contribution in [3.63, 3.8) is 0 Å². The zero-order valence-electron chi connectivity index (χ0n) is 15.4. The molecule has 0 saturated heterocycles. The van der Waals surface area contributed by atoms with Crippen LogP contribution in [-0.2, 0) is 17.6 Å². The molecule has 2 heterocycles. The van der Waals surface area contributed by atoms with E-state index in [9.17, 15) is 4.79 Å². The molecule has 0 N–H and O–H groups in total. The Balaban J connectivity index is 1.42. The molecule has 0 saturated carbocycles. The zero-order valence-corrected chi connectivity index (χ0v) is 15.4. The predicted molar refractivity (Wildman–Crippen MR) is 102 cm³/mol. The maximum Gasteiger partial charge on any atom is 0.227 e. The molecule has 1 aromatic heterocycles. The van der Waals surface area contributed by atoms with Crippen LogP contribution in [0.4, 0.5) is 5.69 Å². The molecule has 27 heavy (non-hydrogen) atoms. The molecule has 0 fully saturated rings. The number of methoxy groups -OCH3 is 1. The van der Waals surface area contributed by atoms with Gasteiger partial charge in [-0.1, -0.05) is 23.4 Å². The molecule has 1 amide bonds. The Morgan fingerprint density at radius 1 is 1.22 bits per heavy atom. The molecule has 0 aliphatic carbocycles. The molecule has 1 aliphatic heterocycles. The van der Waals surface area contributed by atoms with E-state index in [4.69, 9.17) is 9.26 Å². The highest BCUT2D eigenvalue weighted by atomic mass is 16.5. The lowest BCUT2D eigenvalue weighted by molar-refractivity contribution is -0.118. The van der Waals surface area contributed by atoms with Gasteiger partial charge in [0.15, 0.2) is 0 Å². The van der Waals surface area contributed by atoms with Crippen LogP contribution in [0.15, 0.2) is 53.1 Å². The lowest BCUT2D eigenvalue weighted by atomic mass is 10.1. The fourth-order valence-corrected chi connectivity index (χ4v) is 3.49. The molecule has 1 aliphatic rings. The number of hydrogen-bond donors (Lipinski definition) is 0. The fourth-order valence-electron chi connectivity index (χ4n) is 3.49. The number of fused-ring (bicyclic) bond motifs is 1. The Labute approximate surface area is 157 Å². The van der Waals surface area contributed by atoms with Gasteiger partial charge in [-0.25, -0.2) is 0 Å². The third-order valence-corrected chi connectivity index (χ3v) is 4.84. The van der Waals surface area contributed by atoms with E-state index in [-0.39, 0.29) is 11.9 Å². The second kappa shape index (κ2) is 7.23. The number of benzene rings is 2. The molecule has 0 bridgehead atoms. The predicted octanol–water partition coefficient (Wildman–Crippen LogP) is 3.66. The zero-order chi connectivity index (χ0) is 18.8. The number of hydrogen-bond acceptors (Lipinski definition) is 5. The SMILES string of the molecule is COc1ccc(-c2noc(CCC(=O)N3c4ccccc4CC3C)n2)cc1. The number of rotatable bonds is 5. The summed E-state index contributed by atoms with van der Waals surface area (Å²) in [5.41, 5.74) is 3.08. The number of carbonyl (C=O) groups is 1. The number of para-hydroxylation sites is 1. The largest absolute Gasteiger partial charge is 0.497 e. The summed E-state index contributed by atoms with van der Waals surface area (Å²) in [6, 6.07) is 15.7. The summed E-state index contributed by atoms with van der Waals surface area (Å²) in [6.45, 7) is 2.08. The molecule has 0 radical (unpaired) electrons. The van der Waals surface area contributed by atoms with Crippen molar-refractivity contribution in [1.29, 1.82) is 0 Å². The summed E-state index contributed by atoms with van der Waals surface area (Å²) < 4.78 is 10.5. The Hall–Kier alpha value is -3.15. The topological polar surface area (TPSA) is 68.5 Å². The lowest BCUT2D eigenvalue weighted by Gasteiger charge is -2.22. The first-order valence-corrected chi connectivity index (χ1v) is 9.02. The van der Waals surface area contributed by atoms with Gasteiger partial charge >= 0.3 is 0 Å². The van der Waals surface area contributed by atoms with Crippen molar-refractivity contribution in [2.24, 2.45) is 0 Å². The highest BCUT2D eigenvalue weighted by Crippen LogP contribution is 2.32. The first-order chi connectivity index (χ1) is 13.2. The molecular weight excluding hydrogens is 342 g/mol. The van der Waals surface area contributed by atoms with Crippen molar-refractivity contribution in [2.45, 2.75) is 32.2 Å². The van der Waals surface area contributed by atoms with Gasteiger partial charge in [0.25, 0.3) is 0 Å². The van der Waals surface area contributed by atoms with Gasteiger partial charge in [0.05, 0.1) is 7.11 Å². The van der Waals surface area contributed by atoms with Crippen molar-refractivity contribution in [3.8, 4) is 17.1 Å². The lowest BCUT2D eigenvalue weighted by Crippen LogP contribution is -2.35. The summed E-state index contributed by atoms with van der Waals surface area (Å²) in [5, 5.41) is 4.02. The van der Waals surface area contributed by atoms with Crippen molar-refractivity contribution in [3.05, 3.63) is 60.0 Å². The number of ether oxygens (including phenoxy) is 1. The van der Waals surface area contributed by atoms with Gasteiger partial charge in [-0.3, -0.25) is 4.79 Å². The highest BCUT2D eigenvalue weighted by molar-refractivity contribution is 5.96. The second-order valence-electron chi connectivity index (χ2n) is 6.69. The van der Waals surface area contributed by atoms with Crippen LogP contribution in [0.2, 0.25) is 0 Å². The summed E-state index contributed by atoms with van der Waals surface area (Å²) in [6.07, 6.45) is 1.65. The van der Waals surface area contributed by atoms with Crippen LogP contribution in [0.5, 0.6) is 5.75 Å². The molecule has 4 rings (SSSR count). The smallest absolute Gasteiger partial charge is 0.227 e. The Kier molecular flexibility index (Phi) is 4.62. The first kappa shape index (κ1) is 17.3. The van der Waals surface area contributed by atoms with Crippen LogP contribution < -0.4 is 9.64 Å². The normalized spacial score (nSPS) is 15.6. The quantitative estimate of drug-likeness (QED) is 0.692. The van der Waals surface area contributed by atoms with Gasteiger partial charge in [-0.15, -0.1) is 0 Å². The van der Waals surface area contributed by atoms with E-state index >= 15 is 0 Å². The third-order valence-electron chi connectivity index (χ3n) is 4.84. The van der Waals surface area contributed by atoms with Crippen LogP contribution in [0.3, 0.4) is 0 Å². The van der Waals surface area contributed by atoms with E-state index in [1.54, 1.807) is 7.11 Å². The van der Waals surface area contributed by atoms with Crippen LogP contribution in [-0.4, -0.2) is 29.2 Å². The number of aryl methyl sites for hydroxylation is 1. The van der Waals surface area contributed by atoms with E-state index in [0.29, 0.717) is 24.6 Å². The number of nitrogens with zero attached hydrogens (tertiary/aromatic N) is 3. The fraction of sp³-hybridized carbons (Fsp3) is 0.286. The van der Waals surface area contributed by atoms with E-state index in [0.717, 1.165) is 23.4 Å². The molecule has 2 aromatic carbocycles. The van der Waals surface area contributed by atoms with Crippen LogP contribution in [0, 0.1) is 0 Å². The highest BCUT2D eigenvalue weighted by Gasteiger charge is 2.30. The summed E-state index contributed by atoms with van der Waals surface area (Å²) in [4.78, 5) is 19.1. The van der Waals surface area contributed by atoms with Gasteiger partial charge in [0.1, 0.15) is 5.75 Å². The van der Waals surface area contributed by atoms with Gasteiger partial charge in [-0.2, -0.15) is 4.98 Å². The summed E-state index contributed by atoms with van der Waals surface area (Å²) >= 11 is 0. The molecule has 1 unspecified atom stereocenters. The number of carbonyl (C=O) groups excluding carboxylic acids is 1. The maximum absolute atomic E-state index is 12.8. The van der Waals surface area contributed by atoms with Gasteiger partial charge < -0.3 is 14.2 Å². The number of anilines is 1. The Morgan fingerprint density at radius 2 is 2.00 bits per heavy atom. The van der Waals surface area contributed by atoms with E-state index in [1.807, 2.05) is 47.4 Å². The minimum absolute atomic E-state index is 0.0802. The van der Waals surface area contributed by atoms with Gasteiger partial charge in [-0.05, 0) is 49.2 Å². The van der Waals surface area contributed by atoms with Crippen LogP contribution in [0.1, 0.15) is 24.8 Å². The van der Waals surface area contributed by atoms with E-state index in [1.165, 1.54) is 5.56 Å². The van der Waals surface area contributed by atoms with Crippen molar-refractivity contribution < 1.29 is 14.1 Å².